The molecule has 0 spiro atoms. The summed E-state index contributed by atoms with van der Waals surface area (Å²) < 4.78 is 1.85. The standard InChI is InChI=1S/C18H21N5S.ClH/c1-22-12-15(10-21-22)18-3-2-16(24-18)13-23-9-8-20-11-17(23)14-4-6-19-7-5-14;/h2-7,10,12,17,20H,8-9,11,13H2,1H3;1H. The highest BCUT2D eigenvalue weighted by atomic mass is 35.5. The second-order valence-electron chi connectivity index (χ2n) is 6.14. The van der Waals surface area contributed by atoms with Crippen LogP contribution in [0.5, 0.6) is 0 Å². The van der Waals surface area contributed by atoms with Crippen molar-refractivity contribution in [3.63, 3.8) is 0 Å². The Morgan fingerprint density at radius 1 is 1.24 bits per heavy atom. The van der Waals surface area contributed by atoms with Gasteiger partial charge in [0.15, 0.2) is 0 Å². The minimum absolute atomic E-state index is 0. The number of hydrogen-bond donors (Lipinski definition) is 1. The van der Waals surface area contributed by atoms with E-state index in [0.29, 0.717) is 6.04 Å². The lowest BCUT2D eigenvalue weighted by Crippen LogP contribution is -2.45. The molecule has 0 aliphatic carbocycles. The zero-order chi connectivity index (χ0) is 16.4. The van der Waals surface area contributed by atoms with Crippen molar-refractivity contribution in [2.45, 2.75) is 12.6 Å². The van der Waals surface area contributed by atoms with Gasteiger partial charge in [-0.25, -0.2) is 0 Å². The smallest absolute Gasteiger partial charge is 0.0576 e. The van der Waals surface area contributed by atoms with Crippen molar-refractivity contribution < 1.29 is 0 Å². The second kappa shape index (κ2) is 8.10. The molecule has 132 valence electrons. The second-order valence-corrected chi connectivity index (χ2v) is 7.31. The van der Waals surface area contributed by atoms with E-state index in [0.717, 1.165) is 26.2 Å². The molecule has 1 saturated heterocycles. The first-order valence-corrected chi connectivity index (χ1v) is 9.04. The van der Waals surface area contributed by atoms with Crippen LogP contribution >= 0.6 is 23.7 Å². The lowest BCUT2D eigenvalue weighted by Gasteiger charge is -2.36. The van der Waals surface area contributed by atoms with Crippen molar-refractivity contribution in [1.82, 2.24) is 25.0 Å². The number of pyridine rings is 1. The van der Waals surface area contributed by atoms with Crippen LogP contribution in [0.2, 0.25) is 0 Å². The quantitative estimate of drug-likeness (QED) is 0.761. The number of aryl methyl sites for hydroxylation is 1. The number of nitrogens with zero attached hydrogens (tertiary/aromatic N) is 4. The van der Waals surface area contributed by atoms with E-state index in [1.165, 1.54) is 20.9 Å². The summed E-state index contributed by atoms with van der Waals surface area (Å²) in [6.07, 6.45) is 7.77. The lowest BCUT2D eigenvalue weighted by molar-refractivity contribution is 0.155. The van der Waals surface area contributed by atoms with Crippen LogP contribution in [0.4, 0.5) is 0 Å². The molecule has 25 heavy (non-hydrogen) atoms. The van der Waals surface area contributed by atoms with Crippen molar-refractivity contribution in [3.8, 4) is 10.4 Å². The molecule has 1 aliphatic rings. The zero-order valence-corrected chi connectivity index (χ0v) is 15.8. The first-order chi connectivity index (χ1) is 11.8. The van der Waals surface area contributed by atoms with Crippen molar-refractivity contribution in [1.29, 1.82) is 0 Å². The van der Waals surface area contributed by atoms with Crippen LogP contribution in [0.15, 0.2) is 49.1 Å². The molecular formula is C18H22ClN5S. The molecular weight excluding hydrogens is 354 g/mol. The van der Waals surface area contributed by atoms with Gasteiger partial charge in [-0.15, -0.1) is 23.7 Å². The first kappa shape index (κ1) is 18.1. The van der Waals surface area contributed by atoms with Gasteiger partial charge in [0.25, 0.3) is 0 Å². The van der Waals surface area contributed by atoms with Crippen LogP contribution in [0.1, 0.15) is 16.5 Å². The van der Waals surface area contributed by atoms with Crippen molar-refractivity contribution >= 4 is 23.7 Å². The van der Waals surface area contributed by atoms with Crippen LogP contribution in [-0.4, -0.2) is 39.3 Å². The van der Waals surface area contributed by atoms with Crippen LogP contribution in [0, 0.1) is 0 Å². The Balaban J connectivity index is 0.00000182. The van der Waals surface area contributed by atoms with Crippen molar-refractivity contribution in [3.05, 3.63) is 59.5 Å². The fourth-order valence-electron chi connectivity index (χ4n) is 3.22. The number of piperazine rings is 1. The summed E-state index contributed by atoms with van der Waals surface area (Å²) in [5.41, 5.74) is 2.53. The minimum Gasteiger partial charge on any atom is -0.314 e. The van der Waals surface area contributed by atoms with E-state index in [2.05, 4.69) is 50.8 Å². The molecule has 0 radical (unpaired) electrons. The Morgan fingerprint density at radius 2 is 2.08 bits per heavy atom. The summed E-state index contributed by atoms with van der Waals surface area (Å²) in [4.78, 5) is 9.39. The highest BCUT2D eigenvalue weighted by molar-refractivity contribution is 7.15. The number of rotatable bonds is 4. The van der Waals surface area contributed by atoms with Gasteiger partial charge in [0.05, 0.1) is 6.20 Å². The van der Waals surface area contributed by atoms with Gasteiger partial charge in [0.1, 0.15) is 0 Å². The molecule has 3 aromatic heterocycles. The van der Waals surface area contributed by atoms with E-state index in [1.54, 1.807) is 0 Å². The molecule has 0 amide bonds. The predicted octanol–water partition coefficient (Wildman–Crippen LogP) is 3.11. The molecule has 1 atom stereocenters. The Hall–Kier alpha value is -1.73. The molecule has 3 aromatic rings. The molecule has 0 saturated carbocycles. The summed E-state index contributed by atoms with van der Waals surface area (Å²) in [6, 6.07) is 9.12. The molecule has 4 heterocycles. The molecule has 4 rings (SSSR count). The molecule has 0 bridgehead atoms. The summed E-state index contributed by atoms with van der Waals surface area (Å²) in [7, 11) is 1.96. The van der Waals surface area contributed by atoms with E-state index in [1.807, 2.05) is 41.7 Å². The molecule has 1 fully saturated rings. The molecule has 0 aromatic carbocycles. The van der Waals surface area contributed by atoms with Crippen LogP contribution < -0.4 is 5.32 Å². The third-order valence-corrected chi connectivity index (χ3v) is 5.57. The van der Waals surface area contributed by atoms with Gasteiger partial charge < -0.3 is 5.32 Å². The molecule has 7 heteroatoms. The van der Waals surface area contributed by atoms with Crippen LogP contribution in [0.3, 0.4) is 0 Å². The monoisotopic (exact) mass is 375 g/mol. The normalized spacial score (nSPS) is 18.0. The third kappa shape index (κ3) is 4.10. The highest BCUT2D eigenvalue weighted by Gasteiger charge is 2.24. The SMILES string of the molecule is Cl.Cn1cc(-c2ccc(CN3CCNCC3c3ccncc3)s2)cn1. The molecule has 5 nitrogen and oxygen atoms in total. The maximum atomic E-state index is 4.27. The first-order valence-electron chi connectivity index (χ1n) is 8.22. The van der Waals surface area contributed by atoms with Crippen LogP contribution in [0.25, 0.3) is 10.4 Å². The summed E-state index contributed by atoms with van der Waals surface area (Å²) in [5, 5.41) is 7.78. The van der Waals surface area contributed by atoms with E-state index in [9.17, 15) is 0 Å². The predicted molar refractivity (Wildman–Crippen MR) is 104 cm³/mol. The average molecular weight is 376 g/mol. The minimum atomic E-state index is 0. The average Bonchev–Trinajstić information content (AvgIpc) is 3.25. The molecule has 1 unspecified atom stereocenters. The van der Waals surface area contributed by atoms with Gasteiger partial charge in [-0.05, 0) is 29.8 Å². The van der Waals surface area contributed by atoms with Gasteiger partial charge in [0.2, 0.25) is 0 Å². The molecule has 1 aliphatic heterocycles. The number of nitrogens with one attached hydrogen (secondary N) is 1. The van der Waals surface area contributed by atoms with E-state index in [-0.39, 0.29) is 12.4 Å². The summed E-state index contributed by atoms with van der Waals surface area (Å²) >= 11 is 1.86. The Kier molecular flexibility index (Phi) is 5.86. The van der Waals surface area contributed by atoms with Gasteiger partial charge in [0, 0.05) is 73.2 Å². The van der Waals surface area contributed by atoms with Gasteiger partial charge in [-0.1, -0.05) is 0 Å². The maximum Gasteiger partial charge on any atom is 0.0576 e. The Labute approximate surface area is 158 Å². The number of aromatic nitrogens is 3. The van der Waals surface area contributed by atoms with Crippen LogP contribution in [-0.2, 0) is 13.6 Å². The largest absolute Gasteiger partial charge is 0.314 e. The zero-order valence-electron chi connectivity index (χ0n) is 14.1. The summed E-state index contributed by atoms with van der Waals surface area (Å²) in [5.74, 6) is 0. The van der Waals surface area contributed by atoms with E-state index < -0.39 is 0 Å². The summed E-state index contributed by atoms with van der Waals surface area (Å²) in [6.45, 7) is 4.08. The van der Waals surface area contributed by atoms with Gasteiger partial charge >= 0.3 is 0 Å². The third-order valence-electron chi connectivity index (χ3n) is 4.46. The fraction of sp³-hybridized carbons (Fsp3) is 0.333. The number of thiophene rings is 1. The van der Waals surface area contributed by atoms with Crippen molar-refractivity contribution in [2.24, 2.45) is 7.05 Å². The fourth-order valence-corrected chi connectivity index (χ4v) is 4.22. The Bertz CT molecular complexity index is 801. The van der Waals surface area contributed by atoms with Gasteiger partial charge in [-0.3, -0.25) is 14.6 Å². The Morgan fingerprint density at radius 3 is 2.84 bits per heavy atom. The number of hydrogen-bond acceptors (Lipinski definition) is 5. The van der Waals surface area contributed by atoms with E-state index >= 15 is 0 Å². The van der Waals surface area contributed by atoms with Gasteiger partial charge in [-0.2, -0.15) is 5.10 Å². The van der Waals surface area contributed by atoms with E-state index in [4.69, 9.17) is 0 Å². The van der Waals surface area contributed by atoms with Crippen molar-refractivity contribution in [2.75, 3.05) is 19.6 Å². The maximum absolute atomic E-state index is 4.27. The topological polar surface area (TPSA) is 46.0 Å². The highest BCUT2D eigenvalue weighted by Crippen LogP contribution is 2.31. The lowest BCUT2D eigenvalue weighted by atomic mass is 10.0. The number of halogens is 1. The molecule has 1 N–H and O–H groups in total.